The fourth-order valence-corrected chi connectivity index (χ4v) is 2.80. The molecule has 0 atom stereocenters. The topological polar surface area (TPSA) is 38.3 Å². The molecule has 0 aliphatic rings. The number of carbonyl (C=O) groups is 1. The van der Waals surface area contributed by atoms with Crippen LogP contribution in [0, 0.1) is 0 Å². The molecule has 4 heteroatoms. The number of nitrogens with one attached hydrogen (secondary N) is 1. The Bertz CT molecular complexity index is 841. The zero-order chi connectivity index (χ0) is 17.5. The highest BCUT2D eigenvalue weighted by Gasteiger charge is 2.04. The van der Waals surface area contributed by atoms with Crippen molar-refractivity contribution in [3.8, 4) is 5.75 Å². The van der Waals surface area contributed by atoms with Crippen molar-refractivity contribution in [2.45, 2.75) is 12.8 Å². The molecule has 0 spiro atoms. The fourth-order valence-electron chi connectivity index (χ4n) is 2.67. The first-order chi connectivity index (χ1) is 12.2. The van der Waals surface area contributed by atoms with Gasteiger partial charge in [-0.2, -0.15) is 0 Å². The van der Waals surface area contributed by atoms with Crippen molar-refractivity contribution in [2.24, 2.45) is 0 Å². The Morgan fingerprint density at radius 2 is 1.72 bits per heavy atom. The number of benzene rings is 3. The maximum absolute atomic E-state index is 11.9. The monoisotopic (exact) mass is 353 g/mol. The number of carbonyl (C=O) groups excluding carboxylic acids is 1. The minimum atomic E-state index is 0.0245. The third-order valence-electron chi connectivity index (χ3n) is 3.99. The van der Waals surface area contributed by atoms with Gasteiger partial charge in [0.15, 0.2) is 0 Å². The zero-order valence-electron chi connectivity index (χ0n) is 13.9. The van der Waals surface area contributed by atoms with Gasteiger partial charge in [0.25, 0.3) is 0 Å². The van der Waals surface area contributed by atoms with Gasteiger partial charge in [-0.25, -0.2) is 0 Å². The van der Waals surface area contributed by atoms with E-state index in [1.54, 1.807) is 0 Å². The summed E-state index contributed by atoms with van der Waals surface area (Å²) in [5.41, 5.74) is 1.10. The van der Waals surface area contributed by atoms with E-state index in [4.69, 9.17) is 16.3 Å². The molecule has 3 nitrogen and oxygen atoms in total. The lowest BCUT2D eigenvalue weighted by Crippen LogP contribution is -2.28. The van der Waals surface area contributed by atoms with E-state index in [9.17, 15) is 4.79 Å². The van der Waals surface area contributed by atoms with Gasteiger partial charge in [0.2, 0.25) is 5.91 Å². The standard InChI is InChI=1S/C21H20ClNO2/c22-18-11-8-16(9-12-18)10-13-21(24)23-14-15-25-20-7-3-5-17-4-1-2-6-19(17)20/h1-9,11-12H,10,13-15H2,(H,23,24). The summed E-state index contributed by atoms with van der Waals surface area (Å²) in [4.78, 5) is 11.9. The molecule has 3 aromatic rings. The molecule has 1 N–H and O–H groups in total. The summed E-state index contributed by atoms with van der Waals surface area (Å²) < 4.78 is 5.82. The second kappa shape index (κ2) is 8.54. The lowest BCUT2D eigenvalue weighted by Gasteiger charge is -2.10. The van der Waals surface area contributed by atoms with Gasteiger partial charge >= 0.3 is 0 Å². The fraction of sp³-hybridized carbons (Fsp3) is 0.190. The second-order valence-electron chi connectivity index (χ2n) is 5.80. The van der Waals surface area contributed by atoms with E-state index in [1.807, 2.05) is 54.6 Å². The molecule has 0 unspecified atom stereocenters. The van der Waals surface area contributed by atoms with E-state index in [1.165, 1.54) is 0 Å². The average molecular weight is 354 g/mol. The first-order valence-corrected chi connectivity index (χ1v) is 8.72. The number of rotatable bonds is 7. The number of fused-ring (bicyclic) bond motifs is 1. The first-order valence-electron chi connectivity index (χ1n) is 8.34. The summed E-state index contributed by atoms with van der Waals surface area (Å²) >= 11 is 5.85. The first kappa shape index (κ1) is 17.3. The van der Waals surface area contributed by atoms with Gasteiger partial charge in [0.1, 0.15) is 12.4 Å². The Morgan fingerprint density at radius 1 is 0.960 bits per heavy atom. The normalized spacial score (nSPS) is 10.6. The highest BCUT2D eigenvalue weighted by molar-refractivity contribution is 6.30. The summed E-state index contributed by atoms with van der Waals surface area (Å²) in [6.45, 7) is 0.934. The van der Waals surface area contributed by atoms with Crippen LogP contribution >= 0.6 is 11.6 Å². The van der Waals surface area contributed by atoms with Crippen molar-refractivity contribution < 1.29 is 9.53 Å². The number of hydrogen-bond donors (Lipinski definition) is 1. The number of halogens is 1. The molecule has 0 saturated heterocycles. The minimum Gasteiger partial charge on any atom is -0.491 e. The van der Waals surface area contributed by atoms with Crippen molar-refractivity contribution in [2.75, 3.05) is 13.2 Å². The van der Waals surface area contributed by atoms with E-state index in [-0.39, 0.29) is 5.91 Å². The Kier molecular flexibility index (Phi) is 5.91. The van der Waals surface area contributed by atoms with Gasteiger partial charge in [0, 0.05) is 16.8 Å². The van der Waals surface area contributed by atoms with Crippen LogP contribution in [0.4, 0.5) is 0 Å². The highest BCUT2D eigenvalue weighted by atomic mass is 35.5. The molecule has 3 aromatic carbocycles. The van der Waals surface area contributed by atoms with Gasteiger partial charge in [0.05, 0.1) is 6.54 Å². The van der Waals surface area contributed by atoms with Crippen molar-refractivity contribution >= 4 is 28.3 Å². The van der Waals surface area contributed by atoms with E-state index in [0.717, 1.165) is 22.1 Å². The van der Waals surface area contributed by atoms with Crippen molar-refractivity contribution in [3.05, 3.63) is 77.3 Å². The Morgan fingerprint density at radius 3 is 2.56 bits per heavy atom. The molecule has 0 bridgehead atoms. The molecule has 128 valence electrons. The van der Waals surface area contributed by atoms with Gasteiger partial charge in [-0.05, 0) is 35.6 Å². The van der Waals surface area contributed by atoms with E-state index in [2.05, 4.69) is 17.4 Å². The predicted octanol–water partition coefficient (Wildman–Crippen LogP) is 4.62. The number of amides is 1. The van der Waals surface area contributed by atoms with Crippen molar-refractivity contribution in [1.29, 1.82) is 0 Å². The van der Waals surface area contributed by atoms with Gasteiger partial charge in [-0.15, -0.1) is 0 Å². The molecule has 1 amide bonds. The zero-order valence-corrected chi connectivity index (χ0v) is 14.6. The van der Waals surface area contributed by atoms with Crippen LogP contribution < -0.4 is 10.1 Å². The Labute approximate surface area is 152 Å². The van der Waals surface area contributed by atoms with Gasteiger partial charge in [-0.1, -0.05) is 60.1 Å². The minimum absolute atomic E-state index is 0.0245. The maximum Gasteiger partial charge on any atom is 0.220 e. The highest BCUT2D eigenvalue weighted by Crippen LogP contribution is 2.24. The molecule has 0 saturated carbocycles. The number of ether oxygens (including phenoxy) is 1. The third kappa shape index (κ3) is 4.97. The molecule has 3 rings (SSSR count). The van der Waals surface area contributed by atoms with Crippen LogP contribution in [0.3, 0.4) is 0 Å². The lowest BCUT2D eigenvalue weighted by molar-refractivity contribution is -0.121. The van der Waals surface area contributed by atoms with Gasteiger partial charge < -0.3 is 10.1 Å². The summed E-state index contributed by atoms with van der Waals surface area (Å²) in [5.74, 6) is 0.866. The molecule has 25 heavy (non-hydrogen) atoms. The van der Waals surface area contributed by atoms with Crippen LogP contribution in [0.5, 0.6) is 5.75 Å². The molecule has 0 radical (unpaired) electrons. The average Bonchev–Trinajstić information content (AvgIpc) is 2.65. The van der Waals surface area contributed by atoms with Crippen molar-refractivity contribution in [3.63, 3.8) is 0 Å². The molecular formula is C21H20ClNO2. The van der Waals surface area contributed by atoms with Crippen LogP contribution in [0.25, 0.3) is 10.8 Å². The van der Waals surface area contributed by atoms with E-state index < -0.39 is 0 Å². The summed E-state index contributed by atoms with van der Waals surface area (Å²) in [5, 5.41) is 5.83. The summed E-state index contributed by atoms with van der Waals surface area (Å²) in [6, 6.07) is 21.6. The van der Waals surface area contributed by atoms with Crippen LogP contribution in [0.15, 0.2) is 66.7 Å². The predicted molar refractivity (Wildman–Crippen MR) is 102 cm³/mol. The van der Waals surface area contributed by atoms with Crippen LogP contribution in [-0.4, -0.2) is 19.1 Å². The van der Waals surface area contributed by atoms with Crippen LogP contribution in [0.2, 0.25) is 5.02 Å². The summed E-state index contributed by atoms with van der Waals surface area (Å²) in [7, 11) is 0. The SMILES string of the molecule is O=C(CCc1ccc(Cl)cc1)NCCOc1cccc2ccccc12. The third-order valence-corrected chi connectivity index (χ3v) is 4.24. The Balaban J connectivity index is 1.42. The van der Waals surface area contributed by atoms with Crippen LogP contribution in [0.1, 0.15) is 12.0 Å². The Hall–Kier alpha value is -2.52. The maximum atomic E-state index is 11.9. The van der Waals surface area contributed by atoms with Crippen LogP contribution in [-0.2, 0) is 11.2 Å². The van der Waals surface area contributed by atoms with E-state index >= 15 is 0 Å². The molecule has 0 aliphatic carbocycles. The molecule has 0 heterocycles. The lowest BCUT2D eigenvalue weighted by atomic mass is 10.1. The number of aryl methyl sites for hydroxylation is 1. The smallest absolute Gasteiger partial charge is 0.220 e. The quantitative estimate of drug-likeness (QED) is 0.629. The van der Waals surface area contributed by atoms with Crippen molar-refractivity contribution in [1.82, 2.24) is 5.32 Å². The second-order valence-corrected chi connectivity index (χ2v) is 6.24. The van der Waals surface area contributed by atoms with Gasteiger partial charge in [-0.3, -0.25) is 4.79 Å². The molecular weight excluding hydrogens is 334 g/mol. The molecule has 0 aliphatic heterocycles. The number of hydrogen-bond acceptors (Lipinski definition) is 2. The molecule has 0 fully saturated rings. The summed E-state index contributed by atoms with van der Waals surface area (Å²) in [6.07, 6.45) is 1.16. The van der Waals surface area contributed by atoms with E-state index in [0.29, 0.717) is 31.0 Å². The largest absolute Gasteiger partial charge is 0.491 e. The molecule has 0 aromatic heterocycles.